The van der Waals surface area contributed by atoms with Crippen molar-refractivity contribution in [1.82, 2.24) is 4.90 Å². The molecule has 1 N–H and O–H groups in total. The van der Waals surface area contributed by atoms with E-state index < -0.39 is 12.0 Å². The van der Waals surface area contributed by atoms with Crippen LogP contribution in [0.1, 0.15) is 22.6 Å². The maximum Gasteiger partial charge on any atom is 0.328 e. The summed E-state index contributed by atoms with van der Waals surface area (Å²) >= 11 is 1.74. The maximum atomic E-state index is 12.1. The fraction of sp³-hybridized carbons (Fsp3) is 0.571. The molecule has 2 rings (SSSR count). The fourth-order valence-corrected chi connectivity index (χ4v) is 3.22. The summed E-state index contributed by atoms with van der Waals surface area (Å²) in [5.74, 6) is -1.08. The topological polar surface area (TPSA) is 66.8 Å². The molecule has 0 radical (unpaired) electrons. The molecule has 5 nitrogen and oxygen atoms in total. The summed E-state index contributed by atoms with van der Waals surface area (Å²) in [6, 6.07) is 3.32. The number of carboxylic acid groups (broad SMARTS) is 1. The molecule has 1 saturated heterocycles. The SMILES string of the molecule is Cc1ccc(CCCC(=O)N2CCOCC2C(=O)O)s1. The molecule has 1 aromatic rings. The van der Waals surface area contributed by atoms with Gasteiger partial charge in [0.25, 0.3) is 0 Å². The van der Waals surface area contributed by atoms with E-state index in [0.717, 1.165) is 12.8 Å². The first-order chi connectivity index (χ1) is 9.58. The molecule has 6 heteroatoms. The van der Waals surface area contributed by atoms with Crippen LogP contribution >= 0.6 is 11.3 Å². The van der Waals surface area contributed by atoms with Crippen molar-refractivity contribution in [3.63, 3.8) is 0 Å². The van der Waals surface area contributed by atoms with E-state index in [9.17, 15) is 9.59 Å². The second kappa shape index (κ2) is 6.85. The van der Waals surface area contributed by atoms with Crippen molar-refractivity contribution < 1.29 is 19.4 Å². The van der Waals surface area contributed by atoms with Gasteiger partial charge in [0.2, 0.25) is 5.91 Å². The zero-order valence-corrected chi connectivity index (χ0v) is 12.3. The number of hydrogen-bond acceptors (Lipinski definition) is 4. The van der Waals surface area contributed by atoms with E-state index in [1.165, 1.54) is 14.7 Å². The fourth-order valence-electron chi connectivity index (χ4n) is 2.28. The van der Waals surface area contributed by atoms with Gasteiger partial charge in [0.1, 0.15) is 0 Å². The Morgan fingerprint density at radius 1 is 1.50 bits per heavy atom. The predicted molar refractivity (Wildman–Crippen MR) is 75.9 cm³/mol. The largest absolute Gasteiger partial charge is 0.480 e. The first-order valence-electron chi connectivity index (χ1n) is 6.73. The third-order valence-corrected chi connectivity index (χ3v) is 4.40. The smallest absolute Gasteiger partial charge is 0.328 e. The van der Waals surface area contributed by atoms with Crippen LogP contribution in [0.4, 0.5) is 0 Å². The number of aryl methyl sites for hydroxylation is 2. The molecular weight excluding hydrogens is 278 g/mol. The highest BCUT2D eigenvalue weighted by atomic mass is 32.1. The van der Waals surface area contributed by atoms with Gasteiger partial charge >= 0.3 is 5.97 Å². The summed E-state index contributed by atoms with van der Waals surface area (Å²) in [4.78, 5) is 27.2. The standard InChI is InChI=1S/C14H19NO4S/c1-10-5-6-11(20-10)3-2-4-13(16)15-7-8-19-9-12(15)14(17)18/h5-6,12H,2-4,7-9H2,1H3,(H,17,18). The summed E-state index contributed by atoms with van der Waals surface area (Å²) in [5.41, 5.74) is 0. The summed E-state index contributed by atoms with van der Waals surface area (Å²) < 4.78 is 5.13. The predicted octanol–water partition coefficient (Wildman–Crippen LogP) is 1.69. The van der Waals surface area contributed by atoms with Gasteiger partial charge in [-0.15, -0.1) is 11.3 Å². The highest BCUT2D eigenvalue weighted by molar-refractivity contribution is 7.11. The minimum atomic E-state index is -0.994. The van der Waals surface area contributed by atoms with E-state index in [4.69, 9.17) is 9.84 Å². The molecule has 1 fully saturated rings. The number of aliphatic carboxylic acids is 1. The van der Waals surface area contributed by atoms with E-state index in [1.807, 2.05) is 0 Å². The molecule has 1 aliphatic heterocycles. The van der Waals surface area contributed by atoms with Crippen LogP contribution in [0.5, 0.6) is 0 Å². The minimum Gasteiger partial charge on any atom is -0.480 e. The Balaban J connectivity index is 1.82. The van der Waals surface area contributed by atoms with Crippen LogP contribution in [0.15, 0.2) is 12.1 Å². The van der Waals surface area contributed by atoms with Crippen LogP contribution in [0, 0.1) is 6.92 Å². The average Bonchev–Trinajstić information content (AvgIpc) is 2.84. The zero-order chi connectivity index (χ0) is 14.5. The third kappa shape index (κ3) is 3.80. The highest BCUT2D eigenvalue weighted by Crippen LogP contribution is 2.18. The van der Waals surface area contributed by atoms with Gasteiger partial charge < -0.3 is 14.7 Å². The Hall–Kier alpha value is -1.40. The molecule has 0 aliphatic carbocycles. The Labute approximate surface area is 122 Å². The lowest BCUT2D eigenvalue weighted by molar-refractivity contribution is -0.158. The van der Waals surface area contributed by atoms with Gasteiger partial charge in [-0.3, -0.25) is 4.79 Å². The number of rotatable bonds is 5. The molecule has 1 unspecified atom stereocenters. The van der Waals surface area contributed by atoms with Crippen LogP contribution in [0.3, 0.4) is 0 Å². The number of amides is 1. The van der Waals surface area contributed by atoms with Crippen LogP contribution in [-0.4, -0.2) is 47.7 Å². The monoisotopic (exact) mass is 297 g/mol. The summed E-state index contributed by atoms with van der Waals surface area (Å²) in [5, 5.41) is 9.09. The first kappa shape index (κ1) is 15.0. The lowest BCUT2D eigenvalue weighted by Gasteiger charge is -2.32. The average molecular weight is 297 g/mol. The molecule has 0 bridgehead atoms. The molecule has 1 atom stereocenters. The van der Waals surface area contributed by atoms with Crippen molar-refractivity contribution in [2.45, 2.75) is 32.2 Å². The van der Waals surface area contributed by atoms with Crippen LogP contribution in [0.25, 0.3) is 0 Å². The molecule has 0 spiro atoms. The molecule has 0 saturated carbocycles. The van der Waals surface area contributed by atoms with Gasteiger partial charge in [-0.1, -0.05) is 0 Å². The highest BCUT2D eigenvalue weighted by Gasteiger charge is 2.32. The van der Waals surface area contributed by atoms with E-state index in [-0.39, 0.29) is 12.5 Å². The van der Waals surface area contributed by atoms with E-state index in [0.29, 0.717) is 19.6 Å². The van der Waals surface area contributed by atoms with Gasteiger partial charge in [0, 0.05) is 22.7 Å². The van der Waals surface area contributed by atoms with Gasteiger partial charge in [0.15, 0.2) is 6.04 Å². The maximum absolute atomic E-state index is 12.1. The lowest BCUT2D eigenvalue weighted by Crippen LogP contribution is -2.52. The number of ether oxygens (including phenoxy) is 1. The van der Waals surface area contributed by atoms with Gasteiger partial charge in [0.05, 0.1) is 13.2 Å². The summed E-state index contributed by atoms with van der Waals surface area (Å²) in [6.07, 6.45) is 2.01. The molecule has 20 heavy (non-hydrogen) atoms. The van der Waals surface area contributed by atoms with Crippen molar-refractivity contribution in [1.29, 1.82) is 0 Å². The number of carbonyl (C=O) groups excluding carboxylic acids is 1. The lowest BCUT2D eigenvalue weighted by atomic mass is 10.1. The Bertz CT molecular complexity index is 485. The summed E-state index contributed by atoms with van der Waals surface area (Å²) in [6.45, 7) is 2.93. The number of nitrogens with zero attached hydrogens (tertiary/aromatic N) is 1. The van der Waals surface area contributed by atoms with E-state index in [1.54, 1.807) is 11.3 Å². The molecule has 1 amide bonds. The number of carbonyl (C=O) groups is 2. The molecule has 1 aliphatic rings. The zero-order valence-electron chi connectivity index (χ0n) is 11.5. The second-order valence-electron chi connectivity index (χ2n) is 4.88. The minimum absolute atomic E-state index is 0.0885. The van der Waals surface area contributed by atoms with Crippen LogP contribution < -0.4 is 0 Å². The van der Waals surface area contributed by atoms with Crippen molar-refractivity contribution in [2.75, 3.05) is 19.8 Å². The molecule has 0 aromatic carbocycles. The summed E-state index contributed by atoms with van der Waals surface area (Å²) in [7, 11) is 0. The normalized spacial score (nSPS) is 19.1. The Morgan fingerprint density at radius 2 is 2.30 bits per heavy atom. The van der Waals surface area contributed by atoms with Crippen LogP contribution in [-0.2, 0) is 20.7 Å². The van der Waals surface area contributed by atoms with Gasteiger partial charge in [-0.2, -0.15) is 0 Å². The van der Waals surface area contributed by atoms with Gasteiger partial charge in [-0.25, -0.2) is 4.79 Å². The quantitative estimate of drug-likeness (QED) is 0.898. The number of hydrogen-bond donors (Lipinski definition) is 1. The van der Waals surface area contributed by atoms with Crippen LogP contribution in [0.2, 0.25) is 0 Å². The number of morpholine rings is 1. The Morgan fingerprint density at radius 3 is 2.95 bits per heavy atom. The van der Waals surface area contributed by atoms with Crippen molar-refractivity contribution in [3.8, 4) is 0 Å². The van der Waals surface area contributed by atoms with E-state index >= 15 is 0 Å². The first-order valence-corrected chi connectivity index (χ1v) is 7.55. The van der Waals surface area contributed by atoms with E-state index in [2.05, 4.69) is 19.1 Å². The molecular formula is C14H19NO4S. The number of carboxylic acids is 1. The molecule has 1 aromatic heterocycles. The van der Waals surface area contributed by atoms with Gasteiger partial charge in [-0.05, 0) is 31.9 Å². The third-order valence-electron chi connectivity index (χ3n) is 3.34. The molecule has 2 heterocycles. The van der Waals surface area contributed by atoms with Crippen molar-refractivity contribution >= 4 is 23.2 Å². The number of thiophene rings is 1. The van der Waals surface area contributed by atoms with Crippen molar-refractivity contribution in [2.24, 2.45) is 0 Å². The Kier molecular flexibility index (Phi) is 5.14. The van der Waals surface area contributed by atoms with Crippen molar-refractivity contribution in [3.05, 3.63) is 21.9 Å². The molecule has 110 valence electrons. The second-order valence-corrected chi connectivity index (χ2v) is 6.25.